The molecule has 0 saturated heterocycles. The lowest BCUT2D eigenvalue weighted by atomic mass is 9.87. The van der Waals surface area contributed by atoms with Gasteiger partial charge in [-0.15, -0.1) is 0 Å². The van der Waals surface area contributed by atoms with Gasteiger partial charge in [-0.05, 0) is 44.4 Å². The molecule has 0 atom stereocenters. The smallest absolute Gasteiger partial charge is 0.240 e. The number of nitriles is 1. The highest BCUT2D eigenvalue weighted by atomic mass is 16.5. The van der Waals surface area contributed by atoms with Crippen LogP contribution in [-0.2, 0) is 11.3 Å². The Morgan fingerprint density at radius 3 is 2.48 bits per heavy atom. The fraction of sp³-hybridized carbons (Fsp3) is 0.529. The van der Waals surface area contributed by atoms with Gasteiger partial charge in [0.15, 0.2) is 0 Å². The summed E-state index contributed by atoms with van der Waals surface area (Å²) in [6.07, 6.45) is 3.42. The van der Waals surface area contributed by atoms with E-state index in [9.17, 15) is 10.1 Å². The third-order valence-electron chi connectivity index (χ3n) is 3.85. The van der Waals surface area contributed by atoms with E-state index in [2.05, 4.69) is 11.4 Å². The lowest BCUT2D eigenvalue weighted by molar-refractivity contribution is -0.128. The van der Waals surface area contributed by atoms with E-state index in [-0.39, 0.29) is 12.0 Å². The van der Waals surface area contributed by atoms with E-state index in [1.54, 1.807) is 0 Å². The first-order chi connectivity index (χ1) is 10.1. The average molecular weight is 286 g/mol. The van der Waals surface area contributed by atoms with Crippen LogP contribution >= 0.6 is 0 Å². The number of rotatable bonds is 5. The van der Waals surface area contributed by atoms with Crippen molar-refractivity contribution in [3.8, 4) is 11.8 Å². The highest BCUT2D eigenvalue weighted by Crippen LogP contribution is 2.37. The number of ether oxygens (including phenoxy) is 1. The summed E-state index contributed by atoms with van der Waals surface area (Å²) < 4.78 is 5.58. The molecule has 21 heavy (non-hydrogen) atoms. The molecule has 1 aromatic carbocycles. The molecule has 4 nitrogen and oxygen atoms in total. The van der Waals surface area contributed by atoms with Gasteiger partial charge in [0.2, 0.25) is 5.91 Å². The van der Waals surface area contributed by atoms with Crippen LogP contribution < -0.4 is 10.1 Å². The van der Waals surface area contributed by atoms with Gasteiger partial charge in [0.1, 0.15) is 11.2 Å². The zero-order chi connectivity index (χ0) is 15.3. The Labute approximate surface area is 126 Å². The van der Waals surface area contributed by atoms with Crippen molar-refractivity contribution in [1.29, 1.82) is 5.26 Å². The van der Waals surface area contributed by atoms with Gasteiger partial charge >= 0.3 is 0 Å². The molecule has 2 rings (SSSR count). The van der Waals surface area contributed by atoms with Gasteiger partial charge in [0.05, 0.1) is 12.2 Å². The molecule has 0 aliphatic heterocycles. The van der Waals surface area contributed by atoms with Crippen LogP contribution in [-0.4, -0.2) is 12.0 Å². The summed E-state index contributed by atoms with van der Waals surface area (Å²) in [5, 5.41) is 12.2. The van der Waals surface area contributed by atoms with E-state index >= 15 is 0 Å². The van der Waals surface area contributed by atoms with Crippen molar-refractivity contribution < 1.29 is 9.53 Å². The molecule has 0 unspecified atom stereocenters. The zero-order valence-electron chi connectivity index (χ0n) is 12.7. The molecule has 0 bridgehead atoms. The van der Waals surface area contributed by atoms with Crippen LogP contribution in [0.25, 0.3) is 0 Å². The minimum Gasteiger partial charge on any atom is -0.491 e. The summed E-state index contributed by atoms with van der Waals surface area (Å²) in [5.41, 5.74) is 0.200. The Hall–Kier alpha value is -2.02. The van der Waals surface area contributed by atoms with Crippen molar-refractivity contribution >= 4 is 5.91 Å². The van der Waals surface area contributed by atoms with Crippen molar-refractivity contribution in [2.24, 2.45) is 5.41 Å². The normalized spacial score (nSPS) is 16.5. The van der Waals surface area contributed by atoms with Gasteiger partial charge < -0.3 is 10.1 Å². The van der Waals surface area contributed by atoms with Crippen LogP contribution in [0.4, 0.5) is 0 Å². The number of benzene rings is 1. The topological polar surface area (TPSA) is 62.1 Å². The maximum absolute atomic E-state index is 12.2. The van der Waals surface area contributed by atoms with Crippen molar-refractivity contribution in [3.05, 3.63) is 29.8 Å². The van der Waals surface area contributed by atoms with Gasteiger partial charge in [0.25, 0.3) is 0 Å². The molecule has 0 aromatic heterocycles. The van der Waals surface area contributed by atoms with Crippen LogP contribution in [0.3, 0.4) is 0 Å². The first kappa shape index (κ1) is 15.4. The Bertz CT molecular complexity index is 523. The summed E-state index contributed by atoms with van der Waals surface area (Å²) in [4.78, 5) is 12.2. The van der Waals surface area contributed by atoms with E-state index in [0.717, 1.165) is 24.2 Å². The molecule has 0 radical (unpaired) electrons. The number of amides is 1. The van der Waals surface area contributed by atoms with Crippen molar-refractivity contribution in [2.45, 2.75) is 52.2 Å². The summed E-state index contributed by atoms with van der Waals surface area (Å²) in [5.74, 6) is 0.689. The second-order valence-corrected chi connectivity index (χ2v) is 5.89. The first-order valence-corrected chi connectivity index (χ1v) is 7.51. The van der Waals surface area contributed by atoms with Crippen LogP contribution in [0, 0.1) is 16.7 Å². The van der Waals surface area contributed by atoms with Gasteiger partial charge in [-0.2, -0.15) is 5.26 Å². The Kier molecular flexibility index (Phi) is 4.85. The molecular weight excluding hydrogens is 264 g/mol. The second-order valence-electron chi connectivity index (χ2n) is 5.89. The SMILES string of the molecule is CC(C)Oc1ccc(CNC(=O)C2(C#N)CCCC2)cc1. The van der Waals surface area contributed by atoms with E-state index in [4.69, 9.17) is 4.74 Å². The van der Waals surface area contributed by atoms with E-state index in [1.807, 2.05) is 38.1 Å². The number of nitrogens with one attached hydrogen (secondary N) is 1. The quantitative estimate of drug-likeness (QED) is 0.904. The molecule has 0 heterocycles. The van der Waals surface area contributed by atoms with Crippen molar-refractivity contribution in [3.63, 3.8) is 0 Å². The third kappa shape index (κ3) is 3.75. The van der Waals surface area contributed by atoms with Crippen molar-refractivity contribution in [2.75, 3.05) is 0 Å². The summed E-state index contributed by atoms with van der Waals surface area (Å²) in [6.45, 7) is 4.42. The molecule has 1 N–H and O–H groups in total. The standard InChI is InChI=1S/C17H22N2O2/c1-13(2)21-15-7-5-14(6-8-15)11-19-16(20)17(12-18)9-3-4-10-17/h5-8,13H,3-4,9-11H2,1-2H3,(H,19,20). The average Bonchev–Trinajstić information content (AvgIpc) is 2.96. The third-order valence-corrected chi connectivity index (χ3v) is 3.85. The molecule has 1 saturated carbocycles. The van der Waals surface area contributed by atoms with Crippen LogP contribution in [0.1, 0.15) is 45.1 Å². The maximum Gasteiger partial charge on any atom is 0.240 e. The Morgan fingerprint density at radius 2 is 1.95 bits per heavy atom. The maximum atomic E-state index is 12.2. The molecule has 1 fully saturated rings. The summed E-state index contributed by atoms with van der Waals surface area (Å²) >= 11 is 0. The van der Waals surface area contributed by atoms with E-state index < -0.39 is 5.41 Å². The molecule has 1 aliphatic rings. The van der Waals surface area contributed by atoms with Crippen LogP contribution in [0.2, 0.25) is 0 Å². The predicted molar refractivity (Wildman–Crippen MR) is 80.6 cm³/mol. The zero-order valence-corrected chi connectivity index (χ0v) is 12.7. The van der Waals surface area contributed by atoms with Gasteiger partial charge in [-0.25, -0.2) is 0 Å². The highest BCUT2D eigenvalue weighted by molar-refractivity contribution is 5.85. The number of hydrogen-bond acceptors (Lipinski definition) is 3. The number of carbonyl (C=O) groups excluding carboxylic acids is 1. The van der Waals surface area contributed by atoms with E-state index in [1.165, 1.54) is 0 Å². The summed E-state index contributed by atoms with van der Waals surface area (Å²) in [6, 6.07) is 9.88. The number of hydrogen-bond donors (Lipinski definition) is 1. The van der Waals surface area contributed by atoms with Gasteiger partial charge in [0, 0.05) is 6.54 Å². The molecule has 1 aliphatic carbocycles. The van der Waals surface area contributed by atoms with Gasteiger partial charge in [-0.3, -0.25) is 4.79 Å². The minimum absolute atomic E-state index is 0.134. The predicted octanol–water partition coefficient (Wildman–Crippen LogP) is 3.17. The van der Waals surface area contributed by atoms with Gasteiger partial charge in [-0.1, -0.05) is 25.0 Å². The Balaban J connectivity index is 1.91. The molecule has 0 spiro atoms. The number of nitrogens with zero attached hydrogens (tertiary/aromatic N) is 1. The van der Waals surface area contributed by atoms with Crippen molar-refractivity contribution in [1.82, 2.24) is 5.32 Å². The lowest BCUT2D eigenvalue weighted by Crippen LogP contribution is -2.37. The van der Waals surface area contributed by atoms with Crippen LogP contribution in [0.15, 0.2) is 24.3 Å². The lowest BCUT2D eigenvalue weighted by Gasteiger charge is -2.19. The molecule has 112 valence electrons. The molecule has 1 aromatic rings. The van der Waals surface area contributed by atoms with E-state index in [0.29, 0.717) is 19.4 Å². The minimum atomic E-state index is -0.805. The van der Waals surface area contributed by atoms with Crippen LogP contribution in [0.5, 0.6) is 5.75 Å². The highest BCUT2D eigenvalue weighted by Gasteiger charge is 2.41. The molecule has 1 amide bonds. The Morgan fingerprint density at radius 1 is 1.33 bits per heavy atom. The fourth-order valence-corrected chi connectivity index (χ4v) is 2.68. The molecule has 4 heteroatoms. The largest absolute Gasteiger partial charge is 0.491 e. The second kappa shape index (κ2) is 6.62. The number of carbonyl (C=O) groups is 1. The fourth-order valence-electron chi connectivity index (χ4n) is 2.68. The monoisotopic (exact) mass is 286 g/mol. The molecular formula is C17H22N2O2. The summed E-state index contributed by atoms with van der Waals surface area (Å²) in [7, 11) is 0. The first-order valence-electron chi connectivity index (χ1n) is 7.51.